The van der Waals surface area contributed by atoms with E-state index >= 15 is 0 Å². The fourth-order valence-corrected chi connectivity index (χ4v) is 4.04. The molecule has 2 aromatic rings. The van der Waals surface area contributed by atoms with Crippen LogP contribution in [0.25, 0.3) is 10.3 Å². The van der Waals surface area contributed by atoms with Crippen molar-refractivity contribution in [1.82, 2.24) is 19.9 Å². The Hall–Kier alpha value is -1.96. The number of aromatic amines is 1. The first-order valence-electron chi connectivity index (χ1n) is 7.39. The van der Waals surface area contributed by atoms with Gasteiger partial charge in [-0.05, 0) is 25.7 Å². The number of H-pyrrole nitrogens is 1. The van der Waals surface area contributed by atoms with Crippen LogP contribution in [0.15, 0.2) is 4.79 Å². The summed E-state index contributed by atoms with van der Waals surface area (Å²) in [5.74, 6) is 0.724. The molecule has 2 N–H and O–H groups in total. The minimum Gasteiger partial charge on any atom is -0.465 e. The van der Waals surface area contributed by atoms with Gasteiger partial charge in [-0.3, -0.25) is 9.69 Å². The summed E-state index contributed by atoms with van der Waals surface area (Å²) in [5, 5.41) is 9.92. The van der Waals surface area contributed by atoms with E-state index in [0.717, 1.165) is 31.5 Å². The summed E-state index contributed by atoms with van der Waals surface area (Å²) in [7, 11) is 0. The zero-order chi connectivity index (χ0) is 15.5. The summed E-state index contributed by atoms with van der Waals surface area (Å²) in [6, 6.07) is -0.254. The first-order chi connectivity index (χ1) is 10.5. The molecule has 1 aliphatic carbocycles. The van der Waals surface area contributed by atoms with Gasteiger partial charge in [-0.25, -0.2) is 14.8 Å². The Labute approximate surface area is 130 Å². The summed E-state index contributed by atoms with van der Waals surface area (Å²) >= 11 is 1.34. The largest absolute Gasteiger partial charge is 0.465 e. The molecule has 2 aliphatic rings. The first-order valence-corrected chi connectivity index (χ1v) is 8.20. The highest BCUT2D eigenvalue weighted by Gasteiger charge is 2.42. The SMILES string of the molecule is CC1(c2nc3sc([C@H]4CCCN4C(=O)O)nc3c(=O)[nH]2)CC1. The quantitative estimate of drug-likeness (QED) is 0.884. The van der Waals surface area contributed by atoms with E-state index in [0.29, 0.717) is 21.9 Å². The lowest BCUT2D eigenvalue weighted by Gasteiger charge is -2.18. The van der Waals surface area contributed by atoms with E-state index in [2.05, 4.69) is 21.9 Å². The smallest absolute Gasteiger partial charge is 0.407 e. The number of amides is 1. The van der Waals surface area contributed by atoms with E-state index in [1.54, 1.807) is 0 Å². The van der Waals surface area contributed by atoms with Crippen LogP contribution in [-0.4, -0.2) is 37.6 Å². The topological polar surface area (TPSA) is 99.2 Å². The Morgan fingerprint density at radius 1 is 1.45 bits per heavy atom. The molecule has 1 amide bonds. The Morgan fingerprint density at radius 3 is 2.91 bits per heavy atom. The van der Waals surface area contributed by atoms with Gasteiger partial charge in [0.1, 0.15) is 10.8 Å². The summed E-state index contributed by atoms with van der Waals surface area (Å²) in [4.78, 5) is 37.3. The highest BCUT2D eigenvalue weighted by atomic mass is 32.1. The first kappa shape index (κ1) is 13.7. The number of carboxylic acid groups (broad SMARTS) is 1. The lowest BCUT2D eigenvalue weighted by molar-refractivity contribution is 0.140. The molecule has 0 radical (unpaired) electrons. The number of carbonyl (C=O) groups is 1. The average Bonchev–Trinajstić information content (AvgIpc) is 2.94. The molecule has 0 spiro atoms. The molecule has 0 aromatic carbocycles. The van der Waals surface area contributed by atoms with Crippen molar-refractivity contribution in [2.24, 2.45) is 0 Å². The summed E-state index contributed by atoms with van der Waals surface area (Å²) < 4.78 is 0. The van der Waals surface area contributed by atoms with Crippen LogP contribution in [0.1, 0.15) is 49.5 Å². The number of nitrogens with one attached hydrogen (secondary N) is 1. The van der Waals surface area contributed by atoms with E-state index in [-0.39, 0.29) is 17.0 Å². The van der Waals surface area contributed by atoms with Gasteiger partial charge >= 0.3 is 6.09 Å². The summed E-state index contributed by atoms with van der Waals surface area (Å²) in [6.07, 6.45) is 2.69. The van der Waals surface area contributed by atoms with Gasteiger partial charge in [0.2, 0.25) is 0 Å². The van der Waals surface area contributed by atoms with Gasteiger partial charge in [0.25, 0.3) is 5.56 Å². The molecule has 3 heterocycles. The maximum atomic E-state index is 12.2. The van der Waals surface area contributed by atoms with Crippen molar-refractivity contribution in [2.75, 3.05) is 6.54 Å². The van der Waals surface area contributed by atoms with Gasteiger partial charge in [-0.15, -0.1) is 0 Å². The van der Waals surface area contributed by atoms with E-state index in [4.69, 9.17) is 0 Å². The molecule has 2 aromatic heterocycles. The van der Waals surface area contributed by atoms with Crippen LogP contribution in [-0.2, 0) is 5.41 Å². The van der Waals surface area contributed by atoms with Crippen LogP contribution in [0, 0.1) is 0 Å². The Kier molecular flexibility index (Phi) is 2.81. The molecular weight excluding hydrogens is 304 g/mol. The summed E-state index contributed by atoms with van der Waals surface area (Å²) in [6.45, 7) is 2.60. The second-order valence-corrected chi connectivity index (χ2v) is 7.32. The standard InChI is InChI=1S/C14H16N4O3S/c1-14(4-5-14)12-16-9(19)8-11(17-12)22-10(15-8)7-3-2-6-18(7)13(20)21/h7H,2-6H2,1H3,(H,20,21)(H,16,17,19)/t7-/m1/s1. The molecule has 1 aliphatic heterocycles. The van der Waals surface area contributed by atoms with Gasteiger partial charge in [-0.1, -0.05) is 18.3 Å². The molecule has 2 fully saturated rings. The second kappa shape index (κ2) is 4.52. The van der Waals surface area contributed by atoms with E-state index in [1.807, 2.05) is 0 Å². The van der Waals surface area contributed by atoms with Crippen molar-refractivity contribution in [3.63, 3.8) is 0 Å². The van der Waals surface area contributed by atoms with Crippen LogP contribution in [0.2, 0.25) is 0 Å². The predicted octanol–water partition coefficient (Wildman–Crippen LogP) is 2.25. The molecule has 8 heteroatoms. The van der Waals surface area contributed by atoms with Crippen molar-refractivity contribution < 1.29 is 9.90 Å². The van der Waals surface area contributed by atoms with Crippen LogP contribution in [0.3, 0.4) is 0 Å². The average molecular weight is 320 g/mol. The molecule has 22 heavy (non-hydrogen) atoms. The highest BCUT2D eigenvalue weighted by Crippen LogP contribution is 2.46. The predicted molar refractivity (Wildman–Crippen MR) is 81.3 cm³/mol. The second-order valence-electron chi connectivity index (χ2n) is 6.32. The third-order valence-electron chi connectivity index (χ3n) is 4.64. The molecule has 7 nitrogen and oxygen atoms in total. The van der Waals surface area contributed by atoms with Gasteiger partial charge in [0.15, 0.2) is 10.3 Å². The molecule has 116 valence electrons. The molecule has 1 atom stereocenters. The number of hydrogen-bond acceptors (Lipinski definition) is 5. The van der Waals surface area contributed by atoms with Crippen molar-refractivity contribution in [3.8, 4) is 0 Å². The molecule has 0 bridgehead atoms. The number of hydrogen-bond donors (Lipinski definition) is 2. The van der Waals surface area contributed by atoms with E-state index < -0.39 is 6.09 Å². The van der Waals surface area contributed by atoms with E-state index in [9.17, 15) is 14.7 Å². The zero-order valence-corrected chi connectivity index (χ0v) is 12.9. The van der Waals surface area contributed by atoms with E-state index in [1.165, 1.54) is 16.2 Å². The maximum absolute atomic E-state index is 12.2. The third-order valence-corrected chi connectivity index (χ3v) is 5.69. The third kappa shape index (κ3) is 2.01. The van der Waals surface area contributed by atoms with Crippen LogP contribution >= 0.6 is 11.3 Å². The normalized spacial score (nSPS) is 23.1. The van der Waals surface area contributed by atoms with Crippen LogP contribution in [0.4, 0.5) is 4.79 Å². The lowest BCUT2D eigenvalue weighted by Crippen LogP contribution is -2.28. The number of fused-ring (bicyclic) bond motifs is 1. The number of rotatable bonds is 2. The molecular formula is C14H16N4O3S. The van der Waals surface area contributed by atoms with Crippen LogP contribution in [0.5, 0.6) is 0 Å². The fraction of sp³-hybridized carbons (Fsp3) is 0.571. The zero-order valence-electron chi connectivity index (χ0n) is 12.1. The highest BCUT2D eigenvalue weighted by molar-refractivity contribution is 7.18. The van der Waals surface area contributed by atoms with Gasteiger partial charge < -0.3 is 10.1 Å². The van der Waals surface area contributed by atoms with Gasteiger partial charge in [0.05, 0.1) is 6.04 Å². The Balaban J connectivity index is 1.79. The van der Waals surface area contributed by atoms with Crippen molar-refractivity contribution in [2.45, 2.75) is 44.1 Å². The van der Waals surface area contributed by atoms with Gasteiger partial charge in [-0.2, -0.15) is 0 Å². The fourth-order valence-electron chi connectivity index (χ4n) is 2.95. The van der Waals surface area contributed by atoms with Crippen LogP contribution < -0.4 is 5.56 Å². The molecule has 0 unspecified atom stereocenters. The Bertz CT molecular complexity index is 823. The monoisotopic (exact) mass is 320 g/mol. The molecule has 1 saturated carbocycles. The minimum atomic E-state index is -0.935. The van der Waals surface area contributed by atoms with Gasteiger partial charge in [0, 0.05) is 12.0 Å². The lowest BCUT2D eigenvalue weighted by atomic mass is 10.1. The number of nitrogens with zero attached hydrogens (tertiary/aromatic N) is 3. The molecule has 4 rings (SSSR count). The Morgan fingerprint density at radius 2 is 2.23 bits per heavy atom. The minimum absolute atomic E-state index is 0.0159. The van der Waals surface area contributed by atoms with Crippen molar-refractivity contribution >= 4 is 27.8 Å². The van der Waals surface area contributed by atoms with Crippen molar-refractivity contribution in [3.05, 3.63) is 21.2 Å². The molecule has 1 saturated heterocycles. The number of likely N-dealkylation sites (tertiary alicyclic amines) is 1. The number of thiazole rings is 1. The van der Waals surface area contributed by atoms with Crippen molar-refractivity contribution in [1.29, 1.82) is 0 Å². The number of aromatic nitrogens is 3. The maximum Gasteiger partial charge on any atom is 0.407 e. The summed E-state index contributed by atoms with van der Waals surface area (Å²) in [5.41, 5.74) is 0.0820.